The van der Waals surface area contributed by atoms with Crippen LogP contribution in [0.4, 0.5) is 4.39 Å². The van der Waals surface area contributed by atoms with Gasteiger partial charge < -0.3 is 10.8 Å². The minimum Gasteiger partial charge on any atom is -0.394 e. The zero-order valence-corrected chi connectivity index (χ0v) is 8.93. The van der Waals surface area contributed by atoms with E-state index in [-0.39, 0.29) is 12.2 Å². The van der Waals surface area contributed by atoms with Crippen molar-refractivity contribution in [1.29, 1.82) is 0 Å². The first-order chi connectivity index (χ1) is 8.11. The lowest BCUT2D eigenvalue weighted by Crippen LogP contribution is -2.15. The van der Waals surface area contributed by atoms with E-state index in [1.54, 1.807) is 6.07 Å². The van der Waals surface area contributed by atoms with Crippen molar-refractivity contribution in [3.05, 3.63) is 52.2 Å². The Bertz CT molecular complexity index is 576. The average molecular weight is 237 g/mol. The van der Waals surface area contributed by atoms with Gasteiger partial charge in [0.1, 0.15) is 5.82 Å². The first-order valence-corrected chi connectivity index (χ1v) is 5.06. The zero-order valence-electron chi connectivity index (χ0n) is 8.93. The zero-order chi connectivity index (χ0) is 12.4. The van der Waals surface area contributed by atoms with Gasteiger partial charge in [-0.2, -0.15) is 0 Å². The molecule has 1 aromatic carbocycles. The molecule has 0 aliphatic carbocycles. The normalized spacial score (nSPS) is 12.6. The molecule has 0 radical (unpaired) electrons. The Morgan fingerprint density at radius 2 is 2.24 bits per heavy atom. The van der Waals surface area contributed by atoms with Gasteiger partial charge in [-0.1, -0.05) is 6.07 Å². The molecule has 0 saturated heterocycles. The molecule has 0 bridgehead atoms. The molecular weight excluding hydrogens is 225 g/mol. The van der Waals surface area contributed by atoms with Gasteiger partial charge in [0, 0.05) is 6.07 Å². The van der Waals surface area contributed by atoms with Crippen molar-refractivity contribution >= 4 is 0 Å². The van der Waals surface area contributed by atoms with Crippen LogP contribution in [-0.4, -0.2) is 21.5 Å². The molecule has 4 N–H and O–H groups in total. The molecule has 0 fully saturated rings. The molecule has 0 aliphatic heterocycles. The molecule has 17 heavy (non-hydrogen) atoms. The van der Waals surface area contributed by atoms with Crippen LogP contribution in [0.15, 0.2) is 35.1 Å². The predicted octanol–water partition coefficient (Wildman–Crippen LogP) is 0.297. The number of aromatic nitrogens is 2. The Kier molecular flexibility index (Phi) is 3.08. The van der Waals surface area contributed by atoms with E-state index in [2.05, 4.69) is 5.10 Å². The summed E-state index contributed by atoms with van der Waals surface area (Å²) in [7, 11) is 0. The fourth-order valence-electron chi connectivity index (χ4n) is 1.51. The highest BCUT2D eigenvalue weighted by Gasteiger charge is 2.11. The van der Waals surface area contributed by atoms with Crippen LogP contribution in [0.5, 0.6) is 0 Å². The number of aliphatic hydroxyl groups excluding tert-OH is 1. The monoisotopic (exact) mass is 237 g/mol. The topological polar surface area (TPSA) is 84.0 Å². The number of nitrogens with zero attached hydrogens (tertiary/aromatic N) is 1. The number of aliphatic hydroxyl groups is 1. The van der Waals surface area contributed by atoms with Crippen molar-refractivity contribution < 1.29 is 9.50 Å². The van der Waals surface area contributed by atoms with Gasteiger partial charge in [0.25, 0.3) is 5.56 Å². The molecule has 0 saturated carbocycles. The lowest BCUT2D eigenvalue weighted by Gasteiger charge is -2.05. The molecule has 0 amide bonds. The van der Waals surface area contributed by atoms with Gasteiger partial charge in [0.2, 0.25) is 0 Å². The summed E-state index contributed by atoms with van der Waals surface area (Å²) in [6.07, 6.45) is 0. The number of hydrogen-bond acceptors (Lipinski definition) is 3. The molecule has 0 aliphatic rings. The number of aromatic amines is 1. The van der Waals surface area contributed by atoms with E-state index in [0.717, 1.165) is 0 Å². The van der Waals surface area contributed by atoms with Crippen molar-refractivity contribution in [2.75, 3.05) is 6.61 Å². The Morgan fingerprint density at radius 3 is 2.88 bits per heavy atom. The highest BCUT2D eigenvalue weighted by atomic mass is 19.1. The first kappa shape index (κ1) is 11.6. The third kappa shape index (κ3) is 2.27. The Labute approximate surface area is 96.3 Å². The molecule has 0 spiro atoms. The lowest BCUT2D eigenvalue weighted by atomic mass is 10.2. The minimum absolute atomic E-state index is 0.275. The fraction of sp³-hybridized carbons (Fsp3) is 0.182. The van der Waals surface area contributed by atoms with Crippen molar-refractivity contribution in [3.63, 3.8) is 0 Å². The first-order valence-electron chi connectivity index (χ1n) is 5.06. The summed E-state index contributed by atoms with van der Waals surface area (Å²) in [5.41, 5.74) is 6.01. The highest BCUT2D eigenvalue weighted by Crippen LogP contribution is 2.09. The molecule has 90 valence electrons. The minimum atomic E-state index is -0.655. The van der Waals surface area contributed by atoms with Gasteiger partial charge in [-0.3, -0.25) is 9.89 Å². The summed E-state index contributed by atoms with van der Waals surface area (Å²) in [6.45, 7) is -0.275. The maximum absolute atomic E-state index is 13.0. The van der Waals surface area contributed by atoms with Gasteiger partial charge in [0.15, 0.2) is 0 Å². The number of nitrogens with two attached hydrogens (primary N) is 1. The van der Waals surface area contributed by atoms with Gasteiger partial charge >= 0.3 is 0 Å². The van der Waals surface area contributed by atoms with Gasteiger partial charge in [-0.15, -0.1) is 0 Å². The summed E-state index contributed by atoms with van der Waals surface area (Å²) in [5.74, 6) is -0.433. The number of nitrogens with one attached hydrogen (secondary N) is 1. The highest BCUT2D eigenvalue weighted by molar-refractivity contribution is 5.31. The number of rotatable bonds is 3. The smallest absolute Gasteiger partial charge is 0.271 e. The summed E-state index contributed by atoms with van der Waals surface area (Å²) < 4.78 is 14.2. The molecule has 2 rings (SSSR count). The van der Waals surface area contributed by atoms with Crippen LogP contribution in [0.25, 0.3) is 5.69 Å². The third-order valence-corrected chi connectivity index (χ3v) is 2.40. The number of benzene rings is 1. The molecule has 1 unspecified atom stereocenters. The number of hydrogen-bond donors (Lipinski definition) is 3. The molecule has 5 nitrogen and oxygen atoms in total. The van der Waals surface area contributed by atoms with Gasteiger partial charge in [-0.05, 0) is 18.2 Å². The van der Waals surface area contributed by atoms with Crippen LogP contribution in [0.3, 0.4) is 0 Å². The summed E-state index contributed by atoms with van der Waals surface area (Å²) in [5, 5.41) is 11.6. The van der Waals surface area contributed by atoms with E-state index in [1.165, 1.54) is 28.9 Å². The van der Waals surface area contributed by atoms with Gasteiger partial charge in [-0.25, -0.2) is 9.07 Å². The van der Waals surface area contributed by atoms with Crippen molar-refractivity contribution in [3.8, 4) is 5.69 Å². The van der Waals surface area contributed by atoms with Gasteiger partial charge in [0.05, 0.1) is 24.0 Å². The molecule has 6 heteroatoms. The van der Waals surface area contributed by atoms with E-state index in [9.17, 15) is 9.18 Å². The van der Waals surface area contributed by atoms with Crippen LogP contribution < -0.4 is 11.3 Å². The number of halogens is 1. The molecular formula is C11H12FN3O2. The van der Waals surface area contributed by atoms with E-state index in [0.29, 0.717) is 11.4 Å². The van der Waals surface area contributed by atoms with Crippen molar-refractivity contribution in [2.45, 2.75) is 6.04 Å². The second-order valence-corrected chi connectivity index (χ2v) is 3.65. The largest absolute Gasteiger partial charge is 0.394 e. The quantitative estimate of drug-likeness (QED) is 0.717. The lowest BCUT2D eigenvalue weighted by molar-refractivity contribution is 0.265. The van der Waals surface area contributed by atoms with E-state index in [4.69, 9.17) is 10.8 Å². The summed E-state index contributed by atoms with van der Waals surface area (Å²) >= 11 is 0. The fourth-order valence-corrected chi connectivity index (χ4v) is 1.51. The van der Waals surface area contributed by atoms with Crippen LogP contribution in [0.1, 0.15) is 11.7 Å². The maximum Gasteiger partial charge on any atom is 0.271 e. The second kappa shape index (κ2) is 4.52. The average Bonchev–Trinajstić information content (AvgIpc) is 2.70. The van der Waals surface area contributed by atoms with E-state index >= 15 is 0 Å². The second-order valence-electron chi connectivity index (χ2n) is 3.65. The SMILES string of the molecule is NC(CO)c1cc(=O)n(-c2cccc(F)c2)[nH]1. The van der Waals surface area contributed by atoms with Crippen LogP contribution in [0, 0.1) is 5.82 Å². The number of H-pyrrole nitrogens is 1. The molecule has 2 aromatic rings. The van der Waals surface area contributed by atoms with Crippen LogP contribution in [-0.2, 0) is 0 Å². The third-order valence-electron chi connectivity index (χ3n) is 2.40. The van der Waals surface area contributed by atoms with Crippen LogP contribution >= 0.6 is 0 Å². The molecule has 1 heterocycles. The Balaban J connectivity index is 2.46. The Hall–Kier alpha value is -1.92. The predicted molar refractivity (Wildman–Crippen MR) is 60.4 cm³/mol. The molecule has 1 aromatic heterocycles. The van der Waals surface area contributed by atoms with Crippen LogP contribution in [0.2, 0.25) is 0 Å². The van der Waals surface area contributed by atoms with E-state index < -0.39 is 11.9 Å². The van der Waals surface area contributed by atoms with Crippen molar-refractivity contribution in [2.24, 2.45) is 5.73 Å². The summed E-state index contributed by atoms with van der Waals surface area (Å²) in [4.78, 5) is 11.6. The standard InChI is InChI=1S/C11H12FN3O2/c12-7-2-1-3-8(4-7)15-11(17)5-10(14-15)9(13)6-16/h1-5,9,14,16H,6,13H2. The molecule has 1 atom stereocenters. The maximum atomic E-state index is 13.0. The Morgan fingerprint density at radius 1 is 1.47 bits per heavy atom. The summed E-state index contributed by atoms with van der Waals surface area (Å²) in [6, 6.07) is 6.24. The van der Waals surface area contributed by atoms with Crippen molar-refractivity contribution in [1.82, 2.24) is 9.78 Å². The van der Waals surface area contributed by atoms with E-state index in [1.807, 2.05) is 0 Å².